The predicted molar refractivity (Wildman–Crippen MR) is 114 cm³/mol. The number of nitrogens with one attached hydrogen (secondary N) is 1. The van der Waals surface area contributed by atoms with Crippen molar-refractivity contribution in [3.8, 4) is 0 Å². The average Bonchev–Trinajstić information content (AvgIpc) is 2.74. The minimum atomic E-state index is -0.138. The number of nitrogens with zero attached hydrogens (tertiary/aromatic N) is 3. The Morgan fingerprint density at radius 1 is 1.11 bits per heavy atom. The van der Waals surface area contributed by atoms with E-state index in [4.69, 9.17) is 0 Å². The van der Waals surface area contributed by atoms with Gasteiger partial charge in [0.1, 0.15) is 0 Å². The number of para-hydroxylation sites is 1. The number of carbonyl (C=O) groups is 1. The minimum absolute atomic E-state index is 0.138. The zero-order valence-electron chi connectivity index (χ0n) is 16.6. The van der Waals surface area contributed by atoms with Crippen molar-refractivity contribution in [1.29, 1.82) is 0 Å². The van der Waals surface area contributed by atoms with Gasteiger partial charge < -0.3 is 10.2 Å². The zero-order chi connectivity index (χ0) is 19.9. The van der Waals surface area contributed by atoms with E-state index in [2.05, 4.69) is 27.1 Å². The number of rotatable bonds is 7. The van der Waals surface area contributed by atoms with Gasteiger partial charge in [-0.3, -0.25) is 14.8 Å². The normalized spacial score (nSPS) is 10.5. The fourth-order valence-corrected chi connectivity index (χ4v) is 3.12. The van der Waals surface area contributed by atoms with Crippen molar-refractivity contribution in [3.63, 3.8) is 0 Å². The maximum atomic E-state index is 12.8. The highest BCUT2D eigenvalue weighted by Crippen LogP contribution is 2.22. The summed E-state index contributed by atoms with van der Waals surface area (Å²) in [4.78, 5) is 23.2. The van der Waals surface area contributed by atoms with Gasteiger partial charge in [-0.05, 0) is 54.7 Å². The number of anilines is 2. The van der Waals surface area contributed by atoms with Crippen LogP contribution in [0.1, 0.15) is 34.0 Å². The van der Waals surface area contributed by atoms with Gasteiger partial charge in [0.2, 0.25) is 0 Å². The Labute approximate surface area is 166 Å². The summed E-state index contributed by atoms with van der Waals surface area (Å²) in [5, 5.41) is 3.07. The molecule has 144 valence electrons. The summed E-state index contributed by atoms with van der Waals surface area (Å²) in [7, 11) is 2.01. The van der Waals surface area contributed by atoms with Gasteiger partial charge in [-0.25, -0.2) is 0 Å². The van der Waals surface area contributed by atoms with Crippen molar-refractivity contribution >= 4 is 17.3 Å². The molecule has 0 unspecified atom stereocenters. The molecule has 0 aliphatic rings. The van der Waals surface area contributed by atoms with E-state index in [1.165, 1.54) is 5.56 Å². The van der Waals surface area contributed by atoms with Crippen molar-refractivity contribution in [2.75, 3.05) is 23.8 Å². The number of benzene rings is 1. The molecule has 5 heteroatoms. The summed E-state index contributed by atoms with van der Waals surface area (Å²) in [5.74, 6) is -0.138. The van der Waals surface area contributed by atoms with Crippen molar-refractivity contribution < 1.29 is 4.79 Å². The van der Waals surface area contributed by atoms with Crippen molar-refractivity contribution in [2.24, 2.45) is 0 Å². The zero-order valence-corrected chi connectivity index (χ0v) is 16.6. The molecule has 1 amide bonds. The van der Waals surface area contributed by atoms with Crippen molar-refractivity contribution in [2.45, 2.75) is 26.7 Å². The summed E-state index contributed by atoms with van der Waals surface area (Å²) in [6, 6.07) is 12.0. The fourth-order valence-electron chi connectivity index (χ4n) is 3.12. The maximum Gasteiger partial charge on any atom is 0.257 e. The first-order chi connectivity index (χ1) is 13.6. The molecule has 0 fully saturated rings. The van der Waals surface area contributed by atoms with Gasteiger partial charge >= 0.3 is 0 Å². The number of aryl methyl sites for hydroxylation is 2. The van der Waals surface area contributed by atoms with Crippen LogP contribution in [0.15, 0.2) is 61.2 Å². The predicted octanol–water partition coefficient (Wildman–Crippen LogP) is 4.28. The lowest BCUT2D eigenvalue weighted by Gasteiger charge is -2.19. The van der Waals surface area contributed by atoms with E-state index in [1.54, 1.807) is 24.8 Å². The second kappa shape index (κ2) is 9.13. The van der Waals surface area contributed by atoms with Crippen LogP contribution in [0.25, 0.3) is 0 Å². The van der Waals surface area contributed by atoms with Crippen LogP contribution < -0.4 is 10.2 Å². The van der Waals surface area contributed by atoms with Crippen LogP contribution in [0.4, 0.5) is 11.4 Å². The van der Waals surface area contributed by atoms with E-state index in [9.17, 15) is 4.79 Å². The van der Waals surface area contributed by atoms with E-state index in [0.29, 0.717) is 5.56 Å². The minimum Gasteiger partial charge on any atom is -0.373 e. The second-order valence-corrected chi connectivity index (χ2v) is 6.88. The lowest BCUT2D eigenvalue weighted by molar-refractivity contribution is 0.102. The molecule has 2 aromatic heterocycles. The third-order valence-electron chi connectivity index (χ3n) is 4.89. The second-order valence-electron chi connectivity index (χ2n) is 6.88. The van der Waals surface area contributed by atoms with Gasteiger partial charge in [0.05, 0.1) is 17.4 Å². The first-order valence-corrected chi connectivity index (χ1v) is 9.53. The molecule has 5 nitrogen and oxygen atoms in total. The molecule has 1 N–H and O–H groups in total. The lowest BCUT2D eigenvalue weighted by atomic mass is 10.1. The smallest absolute Gasteiger partial charge is 0.257 e. The van der Waals surface area contributed by atoms with Crippen LogP contribution in [0.3, 0.4) is 0 Å². The molecular formula is C23H26N4O. The SMILES string of the molecule is CCc1cccc(C)c1NC(=O)c1cncc(N(C)CCc2ccncc2)c1. The van der Waals surface area contributed by atoms with Gasteiger partial charge in [-0.2, -0.15) is 0 Å². The molecular weight excluding hydrogens is 348 g/mol. The van der Waals surface area contributed by atoms with Crippen LogP contribution in [0.2, 0.25) is 0 Å². The average molecular weight is 374 g/mol. The lowest BCUT2D eigenvalue weighted by Crippen LogP contribution is -2.21. The number of hydrogen-bond donors (Lipinski definition) is 1. The third-order valence-corrected chi connectivity index (χ3v) is 4.89. The number of carbonyl (C=O) groups excluding carboxylic acids is 1. The molecule has 0 spiro atoms. The topological polar surface area (TPSA) is 58.1 Å². The quantitative estimate of drug-likeness (QED) is 0.671. The molecule has 0 radical (unpaired) electrons. The maximum absolute atomic E-state index is 12.8. The van der Waals surface area contributed by atoms with E-state index in [1.807, 2.05) is 50.4 Å². The highest BCUT2D eigenvalue weighted by Gasteiger charge is 2.13. The van der Waals surface area contributed by atoms with Gasteiger partial charge in [-0.15, -0.1) is 0 Å². The van der Waals surface area contributed by atoms with Gasteiger partial charge in [-0.1, -0.05) is 25.1 Å². The summed E-state index contributed by atoms with van der Waals surface area (Å²) < 4.78 is 0. The molecule has 28 heavy (non-hydrogen) atoms. The van der Waals surface area contributed by atoms with Gasteiger partial charge in [0.15, 0.2) is 0 Å². The molecule has 0 saturated heterocycles. The Balaban J connectivity index is 1.71. The molecule has 3 aromatic rings. The van der Waals surface area contributed by atoms with E-state index in [-0.39, 0.29) is 5.91 Å². The summed E-state index contributed by atoms with van der Waals surface area (Å²) >= 11 is 0. The number of likely N-dealkylation sites (N-methyl/N-ethyl adjacent to an activating group) is 1. The fraction of sp³-hybridized carbons (Fsp3) is 0.261. The van der Waals surface area contributed by atoms with E-state index < -0.39 is 0 Å². The molecule has 3 rings (SSSR count). The highest BCUT2D eigenvalue weighted by atomic mass is 16.1. The molecule has 0 bridgehead atoms. The number of aromatic nitrogens is 2. The van der Waals surface area contributed by atoms with E-state index in [0.717, 1.165) is 41.9 Å². The number of pyridine rings is 2. The molecule has 0 saturated carbocycles. The molecule has 1 aromatic carbocycles. The van der Waals surface area contributed by atoms with E-state index >= 15 is 0 Å². The van der Waals surface area contributed by atoms with Crippen LogP contribution in [0, 0.1) is 6.92 Å². The van der Waals surface area contributed by atoms with Crippen LogP contribution >= 0.6 is 0 Å². The van der Waals surface area contributed by atoms with Crippen LogP contribution in [0.5, 0.6) is 0 Å². The van der Waals surface area contributed by atoms with Gasteiger partial charge in [0, 0.05) is 37.9 Å². The van der Waals surface area contributed by atoms with Crippen molar-refractivity contribution in [3.05, 3.63) is 83.4 Å². The van der Waals surface area contributed by atoms with Crippen LogP contribution in [-0.4, -0.2) is 29.5 Å². The Morgan fingerprint density at radius 3 is 2.64 bits per heavy atom. The third kappa shape index (κ3) is 4.74. The standard InChI is InChI=1S/C23H26N4O/c1-4-19-7-5-6-17(2)22(19)26-23(28)20-14-21(16-25-15-20)27(3)13-10-18-8-11-24-12-9-18/h5-9,11-12,14-16H,4,10,13H2,1-3H3,(H,26,28). The Hall–Kier alpha value is -3.21. The molecule has 2 heterocycles. The molecule has 0 atom stereocenters. The highest BCUT2D eigenvalue weighted by molar-refractivity contribution is 6.05. The number of hydrogen-bond acceptors (Lipinski definition) is 4. The molecule has 0 aliphatic heterocycles. The first kappa shape index (κ1) is 19.5. The largest absolute Gasteiger partial charge is 0.373 e. The Kier molecular flexibility index (Phi) is 6.37. The van der Waals surface area contributed by atoms with Crippen molar-refractivity contribution in [1.82, 2.24) is 9.97 Å². The number of amides is 1. The summed E-state index contributed by atoms with van der Waals surface area (Å²) in [6.07, 6.45) is 8.77. The first-order valence-electron chi connectivity index (χ1n) is 9.53. The summed E-state index contributed by atoms with van der Waals surface area (Å²) in [6.45, 7) is 4.93. The van der Waals surface area contributed by atoms with Gasteiger partial charge in [0.25, 0.3) is 5.91 Å². The van der Waals surface area contributed by atoms with Crippen LogP contribution in [-0.2, 0) is 12.8 Å². The Morgan fingerprint density at radius 2 is 1.89 bits per heavy atom. The Bertz CT molecular complexity index is 940. The monoisotopic (exact) mass is 374 g/mol. The summed E-state index contributed by atoms with van der Waals surface area (Å²) in [5.41, 5.74) is 5.79. The molecule has 0 aliphatic carbocycles.